The fourth-order valence-corrected chi connectivity index (χ4v) is 2.59. The van der Waals surface area contributed by atoms with Gasteiger partial charge < -0.3 is 14.2 Å². The molecule has 0 spiro atoms. The van der Waals surface area contributed by atoms with Gasteiger partial charge in [-0.2, -0.15) is 5.10 Å². The highest BCUT2D eigenvalue weighted by molar-refractivity contribution is 5.93. The highest BCUT2D eigenvalue weighted by Gasteiger charge is 2.20. The third-order valence-corrected chi connectivity index (χ3v) is 3.99. The van der Waals surface area contributed by atoms with E-state index in [9.17, 15) is 4.79 Å². The van der Waals surface area contributed by atoms with E-state index in [0.29, 0.717) is 23.7 Å². The van der Waals surface area contributed by atoms with Crippen molar-refractivity contribution in [2.75, 3.05) is 20.6 Å². The Labute approximate surface area is 146 Å². The topological polar surface area (TPSA) is 87.3 Å². The molecule has 132 valence electrons. The zero-order valence-electron chi connectivity index (χ0n) is 14.8. The first kappa shape index (κ1) is 17.0. The van der Waals surface area contributed by atoms with Crippen molar-refractivity contribution >= 4 is 5.91 Å². The van der Waals surface area contributed by atoms with Gasteiger partial charge in [-0.3, -0.25) is 14.8 Å². The van der Waals surface area contributed by atoms with Crippen molar-refractivity contribution in [1.29, 1.82) is 0 Å². The summed E-state index contributed by atoms with van der Waals surface area (Å²) in [5.74, 6) is 2.87. The lowest BCUT2D eigenvalue weighted by Gasteiger charge is -2.22. The minimum Gasteiger partial charge on any atom is -0.465 e. The van der Waals surface area contributed by atoms with Gasteiger partial charge in [-0.25, -0.2) is 0 Å². The van der Waals surface area contributed by atoms with Gasteiger partial charge >= 0.3 is 0 Å². The van der Waals surface area contributed by atoms with Crippen molar-refractivity contribution in [2.45, 2.75) is 19.9 Å². The molecule has 0 fully saturated rings. The molecule has 3 rings (SSSR count). The summed E-state index contributed by atoms with van der Waals surface area (Å²) in [6, 6.07) is 9.17. The van der Waals surface area contributed by atoms with Crippen LogP contribution in [0.3, 0.4) is 0 Å². The normalized spacial score (nSPS) is 12.5. The Balaban J connectivity index is 1.66. The van der Waals surface area contributed by atoms with Gasteiger partial charge in [0.1, 0.15) is 23.0 Å². The van der Waals surface area contributed by atoms with Crippen LogP contribution >= 0.6 is 0 Å². The smallest absolute Gasteiger partial charge is 0.271 e. The molecule has 0 aliphatic carbocycles. The number of nitrogens with zero attached hydrogens (tertiary/aromatic N) is 2. The number of aromatic amines is 1. The van der Waals surface area contributed by atoms with Crippen LogP contribution in [0.25, 0.3) is 11.5 Å². The number of nitrogens with one attached hydrogen (secondary N) is 2. The second-order valence-corrected chi connectivity index (χ2v) is 6.22. The quantitative estimate of drug-likeness (QED) is 0.719. The molecule has 0 aliphatic rings. The van der Waals surface area contributed by atoms with Crippen molar-refractivity contribution in [3.8, 4) is 11.5 Å². The van der Waals surface area contributed by atoms with Crippen molar-refractivity contribution in [3.63, 3.8) is 0 Å². The maximum atomic E-state index is 12.4. The van der Waals surface area contributed by atoms with Gasteiger partial charge in [-0.15, -0.1) is 0 Å². The van der Waals surface area contributed by atoms with E-state index in [0.717, 1.165) is 17.3 Å². The molecule has 3 aromatic heterocycles. The molecule has 0 saturated carbocycles. The van der Waals surface area contributed by atoms with E-state index in [2.05, 4.69) is 15.5 Å². The van der Waals surface area contributed by atoms with Crippen LogP contribution in [0.2, 0.25) is 0 Å². The molecule has 3 heterocycles. The minimum absolute atomic E-state index is 0.0521. The van der Waals surface area contributed by atoms with E-state index in [-0.39, 0.29) is 11.9 Å². The Morgan fingerprint density at radius 3 is 2.52 bits per heavy atom. The molecule has 7 nitrogen and oxygen atoms in total. The van der Waals surface area contributed by atoms with Crippen molar-refractivity contribution in [1.82, 2.24) is 20.4 Å². The number of aromatic nitrogens is 2. The van der Waals surface area contributed by atoms with Crippen LogP contribution < -0.4 is 5.32 Å². The Bertz CT molecular complexity index is 859. The number of carbonyl (C=O) groups is 1. The number of hydrogen-bond donors (Lipinski definition) is 2. The van der Waals surface area contributed by atoms with Gasteiger partial charge in [0, 0.05) is 12.6 Å². The number of furan rings is 2. The predicted molar refractivity (Wildman–Crippen MR) is 93.2 cm³/mol. The van der Waals surface area contributed by atoms with Gasteiger partial charge in [0.2, 0.25) is 0 Å². The molecule has 1 amide bonds. The average molecular weight is 342 g/mol. The van der Waals surface area contributed by atoms with Crippen LogP contribution in [0.4, 0.5) is 0 Å². The molecule has 0 aromatic carbocycles. The van der Waals surface area contributed by atoms with E-state index in [1.807, 2.05) is 57.1 Å². The summed E-state index contributed by atoms with van der Waals surface area (Å²) in [7, 11) is 3.89. The molecule has 0 radical (unpaired) electrons. The molecule has 2 N–H and O–H groups in total. The zero-order chi connectivity index (χ0) is 18.0. The Morgan fingerprint density at radius 1 is 1.20 bits per heavy atom. The first-order valence-corrected chi connectivity index (χ1v) is 8.07. The number of H-pyrrole nitrogens is 1. The van der Waals surface area contributed by atoms with Crippen LogP contribution in [0.15, 0.2) is 39.2 Å². The predicted octanol–water partition coefficient (Wildman–Crippen LogP) is 2.91. The molecule has 0 aliphatic heterocycles. The lowest BCUT2D eigenvalue weighted by Crippen LogP contribution is -2.34. The Morgan fingerprint density at radius 2 is 1.92 bits per heavy atom. The first-order valence-electron chi connectivity index (χ1n) is 8.07. The molecule has 3 aromatic rings. The van der Waals surface area contributed by atoms with E-state index in [1.165, 1.54) is 0 Å². The SMILES string of the molecule is Cc1ccc(-c2cc(C(=O)NC[C@H](c3ccc(C)o3)N(C)C)n[nH]2)o1. The monoisotopic (exact) mass is 342 g/mol. The maximum absolute atomic E-state index is 12.4. The second kappa shape index (κ2) is 6.98. The van der Waals surface area contributed by atoms with Crippen molar-refractivity contribution < 1.29 is 13.6 Å². The molecule has 0 bridgehead atoms. The number of hydrogen-bond acceptors (Lipinski definition) is 5. The maximum Gasteiger partial charge on any atom is 0.271 e. The number of amides is 1. The average Bonchev–Trinajstić information content (AvgIpc) is 3.27. The van der Waals surface area contributed by atoms with E-state index in [4.69, 9.17) is 8.83 Å². The minimum atomic E-state index is -0.249. The molecule has 7 heteroatoms. The summed E-state index contributed by atoms with van der Waals surface area (Å²) in [5.41, 5.74) is 0.987. The molecule has 25 heavy (non-hydrogen) atoms. The van der Waals surface area contributed by atoms with Gasteiger partial charge in [0.15, 0.2) is 11.5 Å². The summed E-state index contributed by atoms with van der Waals surface area (Å²) >= 11 is 0. The molecule has 0 unspecified atom stereocenters. The lowest BCUT2D eigenvalue weighted by molar-refractivity contribution is 0.0934. The van der Waals surface area contributed by atoms with Crippen LogP contribution in [-0.2, 0) is 0 Å². The molecule has 1 atom stereocenters. The van der Waals surface area contributed by atoms with E-state index >= 15 is 0 Å². The number of aryl methyl sites for hydroxylation is 2. The third-order valence-electron chi connectivity index (χ3n) is 3.99. The highest BCUT2D eigenvalue weighted by Crippen LogP contribution is 2.21. The largest absolute Gasteiger partial charge is 0.465 e. The standard InChI is InChI=1S/C18H22N4O3/c1-11-5-7-16(24-11)13-9-14(21-20-13)18(23)19-10-15(22(3)4)17-8-6-12(2)25-17/h5-9,15H,10H2,1-4H3,(H,19,23)(H,20,21)/t15-/m1/s1. The summed E-state index contributed by atoms with van der Waals surface area (Å²) in [6.45, 7) is 4.18. The number of carbonyl (C=O) groups excluding carboxylic acids is 1. The van der Waals surface area contributed by atoms with Crippen molar-refractivity contribution in [3.05, 3.63) is 53.3 Å². The van der Waals surface area contributed by atoms with Gasteiger partial charge in [0.25, 0.3) is 5.91 Å². The number of rotatable bonds is 6. The summed E-state index contributed by atoms with van der Waals surface area (Å²) in [6.07, 6.45) is 0. The molecular weight excluding hydrogens is 320 g/mol. The van der Waals surface area contributed by atoms with Gasteiger partial charge in [-0.05, 0) is 52.2 Å². The van der Waals surface area contributed by atoms with Crippen molar-refractivity contribution in [2.24, 2.45) is 0 Å². The fourth-order valence-electron chi connectivity index (χ4n) is 2.59. The van der Waals surface area contributed by atoms with E-state index < -0.39 is 0 Å². The summed E-state index contributed by atoms with van der Waals surface area (Å²) in [4.78, 5) is 14.4. The fraction of sp³-hybridized carbons (Fsp3) is 0.333. The third kappa shape index (κ3) is 3.83. The Kier molecular flexibility index (Phi) is 4.76. The summed E-state index contributed by atoms with van der Waals surface area (Å²) < 4.78 is 11.2. The van der Waals surface area contributed by atoms with Crippen LogP contribution in [-0.4, -0.2) is 41.6 Å². The van der Waals surface area contributed by atoms with Gasteiger partial charge in [0.05, 0.1) is 6.04 Å². The van der Waals surface area contributed by atoms with Crippen LogP contribution in [0.1, 0.15) is 33.8 Å². The van der Waals surface area contributed by atoms with E-state index in [1.54, 1.807) is 6.07 Å². The molecule has 0 saturated heterocycles. The van der Waals surface area contributed by atoms with Gasteiger partial charge in [-0.1, -0.05) is 0 Å². The van der Waals surface area contributed by atoms with Crippen LogP contribution in [0, 0.1) is 13.8 Å². The summed E-state index contributed by atoms with van der Waals surface area (Å²) in [5, 5.41) is 9.80. The Hall–Kier alpha value is -2.80. The molecular formula is C18H22N4O3. The second-order valence-electron chi connectivity index (χ2n) is 6.22. The first-order chi connectivity index (χ1) is 11.9. The number of likely N-dealkylation sites (N-methyl/N-ethyl adjacent to an activating group) is 1. The highest BCUT2D eigenvalue weighted by atomic mass is 16.3. The van der Waals surface area contributed by atoms with Crippen LogP contribution in [0.5, 0.6) is 0 Å². The lowest BCUT2D eigenvalue weighted by atomic mass is 10.2. The zero-order valence-corrected chi connectivity index (χ0v) is 14.8.